The number of hydrogen-bond acceptors (Lipinski definition) is 5. The molecule has 0 saturated heterocycles. The lowest BCUT2D eigenvalue weighted by molar-refractivity contribution is 0.234. The third-order valence-corrected chi connectivity index (χ3v) is 6.67. The lowest BCUT2D eigenvalue weighted by Crippen LogP contribution is -2.38. The summed E-state index contributed by atoms with van der Waals surface area (Å²) in [5.41, 5.74) is 11.3. The lowest BCUT2D eigenvalue weighted by Gasteiger charge is -2.27. The second-order valence-corrected chi connectivity index (χ2v) is 10.4. The van der Waals surface area contributed by atoms with Gasteiger partial charge in [-0.25, -0.2) is 4.39 Å². The minimum atomic E-state index is -0.514. The first-order valence-corrected chi connectivity index (χ1v) is 12.6. The molecule has 36 heavy (non-hydrogen) atoms. The summed E-state index contributed by atoms with van der Waals surface area (Å²) >= 11 is 0. The summed E-state index contributed by atoms with van der Waals surface area (Å²) in [4.78, 5) is 0. The topological polar surface area (TPSA) is 76.7 Å². The molecule has 6 heteroatoms. The maximum Gasteiger partial charge on any atom is 0.165 e. The Kier molecular flexibility index (Phi) is 8.04. The van der Waals surface area contributed by atoms with Crippen LogP contribution in [0.15, 0.2) is 54.6 Å². The summed E-state index contributed by atoms with van der Waals surface area (Å²) in [5, 5.41) is 13.4. The number of fused-ring (bicyclic) bond motifs is 1. The van der Waals surface area contributed by atoms with Crippen molar-refractivity contribution in [2.45, 2.75) is 57.4 Å². The maximum atomic E-state index is 14.5. The molecule has 0 bridgehead atoms. The van der Waals surface area contributed by atoms with E-state index in [1.54, 1.807) is 25.3 Å². The molecule has 0 fully saturated rings. The predicted molar refractivity (Wildman–Crippen MR) is 143 cm³/mol. The maximum absolute atomic E-state index is 14.5. The summed E-state index contributed by atoms with van der Waals surface area (Å²) < 4.78 is 25.5. The number of phenolic OH excluding ortho intramolecular Hbond substituents is 1. The van der Waals surface area contributed by atoms with Crippen LogP contribution in [0.1, 0.15) is 54.9 Å². The normalized spacial score (nSPS) is 15.3. The number of methoxy groups -OCH3 is 1. The zero-order valence-corrected chi connectivity index (χ0v) is 21.4. The van der Waals surface area contributed by atoms with Crippen LogP contribution in [0.4, 0.5) is 10.1 Å². The highest BCUT2D eigenvalue weighted by atomic mass is 19.1. The van der Waals surface area contributed by atoms with E-state index in [1.165, 1.54) is 16.7 Å². The number of benzene rings is 3. The SMILES string of the molecule is COc1ccc(C2CCc3cc(O)ccc3C2)c(NCCCc2ccc(OCC(C)(C)N)c(F)c2)c1. The fourth-order valence-corrected chi connectivity index (χ4v) is 4.77. The number of aryl methyl sites for hydroxylation is 2. The molecule has 192 valence electrons. The predicted octanol–water partition coefficient (Wildman–Crippen LogP) is 5.97. The Morgan fingerprint density at radius 1 is 1.08 bits per heavy atom. The lowest BCUT2D eigenvalue weighted by atomic mass is 9.79. The minimum Gasteiger partial charge on any atom is -0.508 e. The molecular weight excluding hydrogens is 455 g/mol. The van der Waals surface area contributed by atoms with Gasteiger partial charge in [0.2, 0.25) is 0 Å². The Bertz CT molecular complexity index is 1190. The van der Waals surface area contributed by atoms with Gasteiger partial charge >= 0.3 is 0 Å². The number of rotatable bonds is 10. The number of nitrogens with one attached hydrogen (secondary N) is 1. The van der Waals surface area contributed by atoms with Gasteiger partial charge in [-0.05, 0) is 104 Å². The van der Waals surface area contributed by atoms with Gasteiger partial charge in [-0.3, -0.25) is 0 Å². The van der Waals surface area contributed by atoms with Crippen LogP contribution in [-0.2, 0) is 19.3 Å². The molecule has 0 aromatic heterocycles. The number of phenols is 1. The summed E-state index contributed by atoms with van der Waals surface area (Å²) in [7, 11) is 1.68. The smallest absolute Gasteiger partial charge is 0.165 e. The molecule has 1 aliphatic rings. The van der Waals surface area contributed by atoms with Crippen LogP contribution < -0.4 is 20.5 Å². The van der Waals surface area contributed by atoms with Crippen molar-refractivity contribution in [3.05, 3.63) is 82.7 Å². The van der Waals surface area contributed by atoms with E-state index in [0.29, 0.717) is 11.7 Å². The molecule has 0 amide bonds. The van der Waals surface area contributed by atoms with Crippen molar-refractivity contribution in [1.29, 1.82) is 0 Å². The van der Waals surface area contributed by atoms with E-state index < -0.39 is 5.54 Å². The van der Waals surface area contributed by atoms with Crippen molar-refractivity contribution >= 4 is 5.69 Å². The third-order valence-electron chi connectivity index (χ3n) is 6.67. The zero-order valence-electron chi connectivity index (χ0n) is 21.4. The second kappa shape index (κ2) is 11.2. The molecule has 0 saturated carbocycles. The van der Waals surface area contributed by atoms with Crippen LogP contribution in [0.5, 0.6) is 17.2 Å². The Morgan fingerprint density at radius 3 is 2.67 bits per heavy atom. The molecule has 0 radical (unpaired) electrons. The Hall–Kier alpha value is -3.25. The highest BCUT2D eigenvalue weighted by Crippen LogP contribution is 2.38. The van der Waals surface area contributed by atoms with Gasteiger partial charge in [-0.15, -0.1) is 0 Å². The number of aromatic hydroxyl groups is 1. The van der Waals surface area contributed by atoms with Gasteiger partial charge < -0.3 is 25.6 Å². The number of nitrogens with two attached hydrogens (primary N) is 1. The minimum absolute atomic E-state index is 0.237. The van der Waals surface area contributed by atoms with Gasteiger partial charge in [0.25, 0.3) is 0 Å². The van der Waals surface area contributed by atoms with Crippen LogP contribution in [0.25, 0.3) is 0 Å². The quantitative estimate of drug-likeness (QED) is 0.304. The average molecular weight is 493 g/mol. The van der Waals surface area contributed by atoms with E-state index in [-0.39, 0.29) is 18.2 Å². The van der Waals surface area contributed by atoms with Gasteiger partial charge in [0.15, 0.2) is 11.6 Å². The van der Waals surface area contributed by atoms with Gasteiger partial charge in [0, 0.05) is 23.8 Å². The first-order chi connectivity index (χ1) is 17.2. The molecule has 1 aliphatic carbocycles. The fraction of sp³-hybridized carbons (Fsp3) is 0.400. The summed E-state index contributed by atoms with van der Waals surface area (Å²) in [6, 6.07) is 17.1. The molecule has 1 atom stereocenters. The molecule has 1 unspecified atom stereocenters. The Morgan fingerprint density at radius 2 is 1.92 bits per heavy atom. The highest BCUT2D eigenvalue weighted by molar-refractivity contribution is 5.57. The standard InChI is InChI=1S/C30H37FN2O3/c1-30(2,32)19-36-29-13-6-20(15-27(29)31)5-4-14-33-28-18-25(35-3)11-12-26(28)23-8-7-22-17-24(34)10-9-21(22)16-23/h6,9-13,15,17-18,23,33-34H,4-5,7-8,14,16,19,32H2,1-3H3. The largest absolute Gasteiger partial charge is 0.508 e. The molecule has 0 spiro atoms. The molecule has 3 aromatic rings. The van der Waals surface area contributed by atoms with Gasteiger partial charge in [0.1, 0.15) is 18.1 Å². The van der Waals surface area contributed by atoms with Crippen LogP contribution in [0.2, 0.25) is 0 Å². The van der Waals surface area contributed by atoms with Crippen LogP contribution in [0.3, 0.4) is 0 Å². The monoisotopic (exact) mass is 492 g/mol. The molecule has 4 rings (SSSR count). The van der Waals surface area contributed by atoms with Crippen LogP contribution in [0, 0.1) is 5.82 Å². The third kappa shape index (κ3) is 6.70. The molecule has 0 aliphatic heterocycles. The zero-order chi connectivity index (χ0) is 25.7. The molecule has 0 heterocycles. The number of hydrogen-bond donors (Lipinski definition) is 3. The number of anilines is 1. The van der Waals surface area contributed by atoms with Crippen molar-refractivity contribution < 1.29 is 19.0 Å². The van der Waals surface area contributed by atoms with Gasteiger partial charge in [0.05, 0.1) is 7.11 Å². The average Bonchev–Trinajstić information content (AvgIpc) is 2.85. The van der Waals surface area contributed by atoms with Gasteiger partial charge in [-0.2, -0.15) is 0 Å². The van der Waals surface area contributed by atoms with Crippen molar-refractivity contribution in [2.75, 3.05) is 25.6 Å². The first-order valence-electron chi connectivity index (χ1n) is 12.6. The molecule has 4 N–H and O–H groups in total. The van der Waals surface area contributed by atoms with E-state index >= 15 is 0 Å². The van der Waals surface area contributed by atoms with E-state index in [4.69, 9.17) is 15.2 Å². The van der Waals surface area contributed by atoms with Crippen molar-refractivity contribution in [2.24, 2.45) is 5.73 Å². The second-order valence-electron chi connectivity index (χ2n) is 10.4. The molecule has 3 aromatic carbocycles. The van der Waals surface area contributed by atoms with Crippen molar-refractivity contribution in [3.8, 4) is 17.2 Å². The highest BCUT2D eigenvalue weighted by Gasteiger charge is 2.23. The summed E-state index contributed by atoms with van der Waals surface area (Å²) in [6.45, 7) is 4.71. The number of ether oxygens (including phenoxy) is 2. The van der Waals surface area contributed by atoms with E-state index in [0.717, 1.165) is 55.6 Å². The molecular formula is C30H37FN2O3. The van der Waals surface area contributed by atoms with E-state index in [2.05, 4.69) is 17.4 Å². The van der Waals surface area contributed by atoms with E-state index in [9.17, 15) is 9.50 Å². The van der Waals surface area contributed by atoms with E-state index in [1.807, 2.05) is 38.1 Å². The van der Waals surface area contributed by atoms with Gasteiger partial charge in [-0.1, -0.05) is 18.2 Å². The number of halogens is 1. The van der Waals surface area contributed by atoms with Crippen LogP contribution >= 0.6 is 0 Å². The van der Waals surface area contributed by atoms with Crippen LogP contribution in [-0.4, -0.2) is 30.9 Å². The van der Waals surface area contributed by atoms with Crippen molar-refractivity contribution in [1.82, 2.24) is 0 Å². The fourth-order valence-electron chi connectivity index (χ4n) is 4.77. The summed E-state index contributed by atoms with van der Waals surface area (Å²) in [5.74, 6) is 1.43. The Balaban J connectivity index is 1.37. The summed E-state index contributed by atoms with van der Waals surface area (Å²) in [6.07, 6.45) is 4.55. The van der Waals surface area contributed by atoms with Crippen molar-refractivity contribution in [3.63, 3.8) is 0 Å². The first kappa shape index (κ1) is 25.8. The molecule has 5 nitrogen and oxygen atoms in total. The Labute approximate surface area is 213 Å².